The normalized spacial score (nSPS) is 11.6. The molecule has 126 valence electrons. The van der Waals surface area contributed by atoms with Crippen molar-refractivity contribution in [1.82, 2.24) is 5.32 Å². The molecule has 7 nitrogen and oxygen atoms in total. The molecule has 2 amide bonds. The smallest absolute Gasteiger partial charge is 0.319 e. The average Bonchev–Trinajstić information content (AvgIpc) is 2.57. The van der Waals surface area contributed by atoms with E-state index in [0.717, 1.165) is 5.56 Å². The van der Waals surface area contributed by atoms with E-state index in [2.05, 4.69) is 10.6 Å². The van der Waals surface area contributed by atoms with Crippen LogP contribution in [0.25, 0.3) is 0 Å². The maximum absolute atomic E-state index is 12.2. The Morgan fingerprint density at radius 3 is 2.58 bits per heavy atom. The molecule has 0 bridgehead atoms. The van der Waals surface area contributed by atoms with E-state index in [9.17, 15) is 20.0 Å². The number of hydrogen-bond acceptors (Lipinski definition) is 4. The Labute approximate surface area is 139 Å². The zero-order chi connectivity index (χ0) is 17.5. The van der Waals surface area contributed by atoms with E-state index in [0.29, 0.717) is 17.7 Å². The van der Waals surface area contributed by atoms with Crippen molar-refractivity contribution in [3.63, 3.8) is 0 Å². The van der Waals surface area contributed by atoms with Gasteiger partial charge in [0.05, 0.1) is 16.7 Å². The minimum Gasteiger partial charge on any atom is -0.396 e. The lowest BCUT2D eigenvalue weighted by Crippen LogP contribution is -2.33. The molecule has 2 aromatic carbocycles. The van der Waals surface area contributed by atoms with Crippen molar-refractivity contribution in [3.05, 3.63) is 69.8 Å². The average molecular weight is 329 g/mol. The molecule has 0 radical (unpaired) electrons. The topological polar surface area (TPSA) is 105 Å². The number of aryl methyl sites for hydroxylation is 1. The highest BCUT2D eigenvalue weighted by Gasteiger charge is 2.16. The fourth-order valence-corrected chi connectivity index (χ4v) is 2.31. The van der Waals surface area contributed by atoms with E-state index in [-0.39, 0.29) is 18.3 Å². The zero-order valence-electron chi connectivity index (χ0n) is 13.2. The van der Waals surface area contributed by atoms with Crippen LogP contribution in [0.5, 0.6) is 0 Å². The highest BCUT2D eigenvalue weighted by Crippen LogP contribution is 2.22. The van der Waals surface area contributed by atoms with Crippen molar-refractivity contribution >= 4 is 17.4 Å². The van der Waals surface area contributed by atoms with Crippen molar-refractivity contribution in [2.24, 2.45) is 0 Å². The second kappa shape index (κ2) is 8.07. The second-order valence-corrected chi connectivity index (χ2v) is 5.33. The first-order chi connectivity index (χ1) is 11.5. The van der Waals surface area contributed by atoms with Gasteiger partial charge in [-0.25, -0.2) is 4.79 Å². The number of nitro benzene ring substituents is 1. The number of urea groups is 1. The molecule has 0 saturated carbocycles. The summed E-state index contributed by atoms with van der Waals surface area (Å²) in [5, 5.41) is 25.4. The first-order valence-electron chi connectivity index (χ1n) is 7.49. The van der Waals surface area contributed by atoms with Crippen molar-refractivity contribution in [1.29, 1.82) is 0 Å². The Kier molecular flexibility index (Phi) is 5.86. The molecule has 0 unspecified atom stereocenters. The van der Waals surface area contributed by atoms with Crippen LogP contribution in [0.3, 0.4) is 0 Å². The third kappa shape index (κ3) is 4.53. The molecule has 3 N–H and O–H groups in total. The summed E-state index contributed by atoms with van der Waals surface area (Å²) in [5.41, 5.74) is 1.87. The van der Waals surface area contributed by atoms with Gasteiger partial charge in [0.2, 0.25) is 0 Å². The lowest BCUT2D eigenvalue weighted by molar-refractivity contribution is -0.384. The number of aliphatic hydroxyl groups excluding tert-OH is 1. The number of anilines is 1. The summed E-state index contributed by atoms with van der Waals surface area (Å²) >= 11 is 0. The lowest BCUT2D eigenvalue weighted by atomic mass is 10.0. The van der Waals surface area contributed by atoms with Crippen LogP contribution >= 0.6 is 0 Å². The number of carbonyl (C=O) groups excluding carboxylic acids is 1. The minimum atomic E-state index is -0.513. The summed E-state index contributed by atoms with van der Waals surface area (Å²) in [6, 6.07) is 12.7. The van der Waals surface area contributed by atoms with Crippen molar-refractivity contribution < 1.29 is 14.8 Å². The van der Waals surface area contributed by atoms with Crippen molar-refractivity contribution in [3.8, 4) is 0 Å². The molecule has 0 aliphatic rings. The number of amides is 2. The Morgan fingerprint density at radius 1 is 1.25 bits per heavy atom. The van der Waals surface area contributed by atoms with Gasteiger partial charge in [0, 0.05) is 18.7 Å². The number of carbonyl (C=O) groups is 1. The molecule has 0 aliphatic heterocycles. The van der Waals surface area contributed by atoms with Gasteiger partial charge in [-0.2, -0.15) is 0 Å². The SMILES string of the molecule is Cc1ccc([N+](=O)[O-])cc1NC(=O)N[C@H](CCO)c1ccccc1. The number of rotatable bonds is 6. The predicted molar refractivity (Wildman–Crippen MR) is 90.9 cm³/mol. The van der Waals surface area contributed by atoms with Gasteiger partial charge in [-0.15, -0.1) is 0 Å². The number of nitrogens with one attached hydrogen (secondary N) is 2. The highest BCUT2D eigenvalue weighted by molar-refractivity contribution is 5.90. The minimum absolute atomic E-state index is 0.0737. The summed E-state index contributed by atoms with van der Waals surface area (Å²) < 4.78 is 0. The van der Waals surface area contributed by atoms with E-state index in [1.807, 2.05) is 30.3 Å². The van der Waals surface area contributed by atoms with Gasteiger partial charge in [-0.3, -0.25) is 10.1 Å². The fourth-order valence-electron chi connectivity index (χ4n) is 2.31. The fraction of sp³-hybridized carbons (Fsp3) is 0.235. The molecule has 7 heteroatoms. The van der Waals surface area contributed by atoms with Gasteiger partial charge >= 0.3 is 6.03 Å². The molecule has 2 rings (SSSR count). The molecule has 0 saturated heterocycles. The van der Waals surface area contributed by atoms with Gasteiger partial charge in [-0.05, 0) is 24.5 Å². The summed E-state index contributed by atoms with van der Waals surface area (Å²) in [4.78, 5) is 22.6. The van der Waals surface area contributed by atoms with Crippen LogP contribution in [0.1, 0.15) is 23.6 Å². The largest absolute Gasteiger partial charge is 0.396 e. The molecule has 0 aromatic heterocycles. The first kappa shape index (κ1) is 17.4. The Bertz CT molecular complexity index is 719. The van der Waals surface area contributed by atoms with Crippen LogP contribution in [0.4, 0.5) is 16.2 Å². The van der Waals surface area contributed by atoms with Crippen LogP contribution in [0.15, 0.2) is 48.5 Å². The second-order valence-electron chi connectivity index (χ2n) is 5.33. The van der Waals surface area contributed by atoms with Gasteiger partial charge in [0.15, 0.2) is 0 Å². The Morgan fingerprint density at radius 2 is 1.96 bits per heavy atom. The van der Waals surface area contributed by atoms with Crippen molar-refractivity contribution in [2.75, 3.05) is 11.9 Å². The molecule has 0 fully saturated rings. The maximum Gasteiger partial charge on any atom is 0.319 e. The van der Waals surface area contributed by atoms with Crippen LogP contribution in [0.2, 0.25) is 0 Å². The third-order valence-electron chi connectivity index (χ3n) is 3.61. The molecule has 0 heterocycles. The molecule has 0 aliphatic carbocycles. The van der Waals surface area contributed by atoms with E-state index < -0.39 is 11.0 Å². The van der Waals surface area contributed by atoms with Crippen LogP contribution in [-0.4, -0.2) is 22.7 Å². The number of non-ortho nitro benzene ring substituents is 1. The van der Waals surface area contributed by atoms with Crippen LogP contribution in [-0.2, 0) is 0 Å². The van der Waals surface area contributed by atoms with Gasteiger partial charge in [-0.1, -0.05) is 36.4 Å². The van der Waals surface area contributed by atoms with Gasteiger partial charge in [0.25, 0.3) is 5.69 Å². The van der Waals surface area contributed by atoms with Gasteiger partial charge < -0.3 is 15.7 Å². The van der Waals surface area contributed by atoms with Crippen LogP contribution < -0.4 is 10.6 Å². The number of benzene rings is 2. The predicted octanol–water partition coefficient (Wildman–Crippen LogP) is 3.15. The third-order valence-corrected chi connectivity index (χ3v) is 3.61. The molecule has 24 heavy (non-hydrogen) atoms. The lowest BCUT2D eigenvalue weighted by Gasteiger charge is -2.19. The summed E-state index contributed by atoms with van der Waals surface area (Å²) in [6.45, 7) is 1.68. The summed E-state index contributed by atoms with van der Waals surface area (Å²) in [6.07, 6.45) is 0.366. The highest BCUT2D eigenvalue weighted by atomic mass is 16.6. The maximum atomic E-state index is 12.2. The number of aliphatic hydroxyl groups is 1. The number of nitrogens with zero attached hydrogens (tertiary/aromatic N) is 1. The van der Waals surface area contributed by atoms with E-state index >= 15 is 0 Å². The van der Waals surface area contributed by atoms with E-state index in [4.69, 9.17) is 0 Å². The molecule has 2 aromatic rings. The first-order valence-corrected chi connectivity index (χ1v) is 7.49. The number of nitro groups is 1. The number of hydrogen-bond donors (Lipinski definition) is 3. The zero-order valence-corrected chi connectivity index (χ0v) is 13.2. The molecule has 0 spiro atoms. The molecule has 1 atom stereocenters. The van der Waals surface area contributed by atoms with E-state index in [1.165, 1.54) is 12.1 Å². The summed E-state index contributed by atoms with van der Waals surface area (Å²) in [7, 11) is 0. The van der Waals surface area contributed by atoms with Crippen molar-refractivity contribution in [2.45, 2.75) is 19.4 Å². The Balaban J connectivity index is 2.11. The van der Waals surface area contributed by atoms with Crippen LogP contribution in [0, 0.1) is 17.0 Å². The molecular formula is C17H19N3O4. The standard InChI is InChI=1S/C17H19N3O4/c1-12-7-8-14(20(23)24)11-16(12)19-17(22)18-15(9-10-21)13-5-3-2-4-6-13/h2-8,11,15,21H,9-10H2,1H3,(H2,18,19,22)/t15-/m1/s1. The Hall–Kier alpha value is -2.93. The monoisotopic (exact) mass is 329 g/mol. The summed E-state index contributed by atoms with van der Waals surface area (Å²) in [5.74, 6) is 0. The molecular weight excluding hydrogens is 310 g/mol. The van der Waals surface area contributed by atoms with E-state index in [1.54, 1.807) is 13.0 Å². The van der Waals surface area contributed by atoms with Gasteiger partial charge in [0.1, 0.15) is 0 Å². The quantitative estimate of drug-likeness (QED) is 0.559.